The summed E-state index contributed by atoms with van der Waals surface area (Å²) in [5, 5.41) is 11.1. The monoisotopic (exact) mass is 197 g/mol. The number of hydrogen-bond donors (Lipinski definition) is 0. The van der Waals surface area contributed by atoms with Crippen LogP contribution in [0, 0.1) is 0 Å². The van der Waals surface area contributed by atoms with E-state index in [1.54, 1.807) is 18.2 Å². The van der Waals surface area contributed by atoms with Crippen LogP contribution in [0.3, 0.4) is 0 Å². The van der Waals surface area contributed by atoms with Crippen LogP contribution in [0.25, 0.3) is 0 Å². The van der Waals surface area contributed by atoms with E-state index in [1.165, 1.54) is 0 Å². The smallest absolute Gasteiger partial charge is 0.142 e. The highest BCUT2D eigenvalue weighted by Gasteiger charge is 2.23. The lowest BCUT2D eigenvalue weighted by Gasteiger charge is -2.10. The molecular formula is C9H6ClO3-. The standard InChI is InChI=1S/C9H7ClO3/c10-6-1-2-7-5(3-6)4-8(13-7)9(11)12/h1-3,8H,4H2,(H,11,12)/p-1/t8-/m0/s1. The highest BCUT2D eigenvalue weighted by atomic mass is 35.5. The second-order valence-corrected chi connectivity index (χ2v) is 3.32. The summed E-state index contributed by atoms with van der Waals surface area (Å²) in [6, 6.07) is 5.04. The maximum atomic E-state index is 10.5. The molecule has 0 bridgehead atoms. The fourth-order valence-electron chi connectivity index (χ4n) is 1.35. The van der Waals surface area contributed by atoms with Crippen molar-refractivity contribution in [1.82, 2.24) is 0 Å². The Hall–Kier alpha value is -1.22. The molecule has 0 aromatic heterocycles. The molecule has 0 amide bonds. The van der Waals surface area contributed by atoms with Gasteiger partial charge in [-0.3, -0.25) is 0 Å². The molecule has 0 radical (unpaired) electrons. The van der Waals surface area contributed by atoms with Crippen LogP contribution < -0.4 is 9.84 Å². The predicted octanol–water partition coefficient (Wildman–Crippen LogP) is 0.393. The maximum absolute atomic E-state index is 10.5. The molecule has 4 heteroatoms. The van der Waals surface area contributed by atoms with Gasteiger partial charge in [0.25, 0.3) is 0 Å². The first-order valence-corrected chi connectivity index (χ1v) is 4.20. The van der Waals surface area contributed by atoms with Gasteiger partial charge < -0.3 is 14.6 Å². The summed E-state index contributed by atoms with van der Waals surface area (Å²) in [5.41, 5.74) is 0.821. The van der Waals surface area contributed by atoms with E-state index in [-0.39, 0.29) is 0 Å². The Kier molecular flexibility index (Phi) is 1.88. The van der Waals surface area contributed by atoms with Gasteiger partial charge in [0.05, 0.1) is 5.97 Å². The van der Waals surface area contributed by atoms with Crippen molar-refractivity contribution in [2.75, 3.05) is 0 Å². The van der Waals surface area contributed by atoms with Gasteiger partial charge in [0.15, 0.2) is 0 Å². The number of hydrogen-bond acceptors (Lipinski definition) is 3. The first-order chi connectivity index (χ1) is 6.16. The molecule has 0 saturated heterocycles. The Labute approximate surface area is 79.9 Å². The van der Waals surface area contributed by atoms with Gasteiger partial charge in [-0.1, -0.05) is 11.6 Å². The van der Waals surface area contributed by atoms with Crippen molar-refractivity contribution < 1.29 is 14.6 Å². The molecule has 0 saturated carbocycles. The summed E-state index contributed by atoms with van der Waals surface area (Å²) >= 11 is 5.73. The van der Waals surface area contributed by atoms with Crippen molar-refractivity contribution in [2.24, 2.45) is 0 Å². The number of carboxylic acids is 1. The number of carboxylic acid groups (broad SMARTS) is 1. The minimum atomic E-state index is -1.19. The van der Waals surface area contributed by atoms with Crippen molar-refractivity contribution >= 4 is 17.6 Å². The molecule has 3 nitrogen and oxygen atoms in total. The molecule has 1 aliphatic rings. The third-order valence-corrected chi connectivity index (χ3v) is 2.20. The molecular weight excluding hydrogens is 192 g/mol. The zero-order valence-electron chi connectivity index (χ0n) is 6.62. The van der Waals surface area contributed by atoms with Gasteiger partial charge >= 0.3 is 0 Å². The molecule has 0 unspecified atom stereocenters. The normalized spacial score (nSPS) is 19.3. The number of benzene rings is 1. The van der Waals surface area contributed by atoms with E-state index < -0.39 is 12.1 Å². The Morgan fingerprint density at radius 2 is 2.38 bits per heavy atom. The topological polar surface area (TPSA) is 49.4 Å². The predicted molar refractivity (Wildman–Crippen MR) is 44.6 cm³/mol. The van der Waals surface area contributed by atoms with E-state index >= 15 is 0 Å². The van der Waals surface area contributed by atoms with Crippen LogP contribution in [0.1, 0.15) is 5.56 Å². The van der Waals surface area contributed by atoms with Crippen molar-refractivity contribution in [1.29, 1.82) is 0 Å². The van der Waals surface area contributed by atoms with Gasteiger partial charge in [0.2, 0.25) is 0 Å². The minimum absolute atomic E-state index is 0.332. The van der Waals surface area contributed by atoms with Gasteiger partial charge in [-0.2, -0.15) is 0 Å². The number of carbonyl (C=O) groups excluding carboxylic acids is 1. The lowest BCUT2D eigenvalue weighted by molar-refractivity contribution is -0.312. The van der Waals surface area contributed by atoms with Crippen LogP contribution in [0.4, 0.5) is 0 Å². The van der Waals surface area contributed by atoms with E-state index in [0.29, 0.717) is 17.2 Å². The molecule has 2 rings (SSSR count). The number of carbonyl (C=O) groups is 1. The lowest BCUT2D eigenvalue weighted by Crippen LogP contribution is -2.38. The average molecular weight is 198 g/mol. The SMILES string of the molecule is O=C([O-])[C@@H]1Cc2cc(Cl)ccc2O1. The molecule has 1 heterocycles. The second-order valence-electron chi connectivity index (χ2n) is 2.88. The quantitative estimate of drug-likeness (QED) is 0.655. The van der Waals surface area contributed by atoms with Gasteiger partial charge in [-0.25, -0.2) is 0 Å². The average Bonchev–Trinajstić information content (AvgIpc) is 2.46. The van der Waals surface area contributed by atoms with Crippen LogP contribution in [-0.2, 0) is 11.2 Å². The molecule has 1 atom stereocenters. The molecule has 68 valence electrons. The first-order valence-electron chi connectivity index (χ1n) is 3.83. The van der Waals surface area contributed by atoms with Crippen molar-refractivity contribution in [3.8, 4) is 5.75 Å². The van der Waals surface area contributed by atoms with E-state index in [9.17, 15) is 9.90 Å². The van der Waals surface area contributed by atoms with Gasteiger partial charge in [0.1, 0.15) is 11.9 Å². The van der Waals surface area contributed by atoms with E-state index in [4.69, 9.17) is 16.3 Å². The molecule has 13 heavy (non-hydrogen) atoms. The summed E-state index contributed by atoms with van der Waals surface area (Å²) in [6.45, 7) is 0. The van der Waals surface area contributed by atoms with Crippen molar-refractivity contribution in [3.63, 3.8) is 0 Å². The molecule has 0 N–H and O–H groups in total. The fraction of sp³-hybridized carbons (Fsp3) is 0.222. The van der Waals surface area contributed by atoms with Crippen molar-refractivity contribution in [2.45, 2.75) is 12.5 Å². The number of ether oxygens (including phenoxy) is 1. The fourth-order valence-corrected chi connectivity index (χ4v) is 1.54. The van der Waals surface area contributed by atoms with Crippen LogP contribution in [0.15, 0.2) is 18.2 Å². The second kappa shape index (κ2) is 2.92. The summed E-state index contributed by atoms with van der Waals surface area (Å²) < 4.78 is 5.10. The van der Waals surface area contributed by atoms with E-state index in [0.717, 1.165) is 5.56 Å². The Bertz CT molecular complexity index is 362. The number of aliphatic carboxylic acids is 1. The minimum Gasteiger partial charge on any atom is -0.546 e. The zero-order valence-corrected chi connectivity index (χ0v) is 7.38. The third-order valence-electron chi connectivity index (χ3n) is 1.96. The lowest BCUT2D eigenvalue weighted by atomic mass is 10.1. The molecule has 1 aliphatic heterocycles. The third kappa shape index (κ3) is 1.47. The van der Waals surface area contributed by atoms with Gasteiger partial charge in [-0.15, -0.1) is 0 Å². The molecule has 1 aromatic carbocycles. The summed E-state index contributed by atoms with van der Waals surface area (Å²) in [6.07, 6.45) is -0.536. The van der Waals surface area contributed by atoms with Crippen LogP contribution in [-0.4, -0.2) is 12.1 Å². The van der Waals surface area contributed by atoms with Gasteiger partial charge in [0, 0.05) is 11.4 Å². The van der Waals surface area contributed by atoms with Crippen molar-refractivity contribution in [3.05, 3.63) is 28.8 Å². The summed E-state index contributed by atoms with van der Waals surface area (Å²) in [7, 11) is 0. The van der Waals surface area contributed by atoms with Crippen LogP contribution in [0.2, 0.25) is 5.02 Å². The summed E-state index contributed by atoms with van der Waals surface area (Å²) in [5.74, 6) is -0.606. The summed E-state index contributed by atoms with van der Waals surface area (Å²) in [4.78, 5) is 10.5. The molecule has 0 spiro atoms. The number of fused-ring (bicyclic) bond motifs is 1. The molecule has 1 aromatic rings. The zero-order chi connectivity index (χ0) is 9.42. The Morgan fingerprint density at radius 3 is 3.08 bits per heavy atom. The van der Waals surface area contributed by atoms with E-state index in [2.05, 4.69) is 0 Å². The number of rotatable bonds is 1. The van der Waals surface area contributed by atoms with E-state index in [1.807, 2.05) is 0 Å². The molecule has 0 fully saturated rings. The highest BCUT2D eigenvalue weighted by Crippen LogP contribution is 2.30. The highest BCUT2D eigenvalue weighted by molar-refractivity contribution is 6.30. The maximum Gasteiger partial charge on any atom is 0.142 e. The van der Waals surface area contributed by atoms with Gasteiger partial charge in [-0.05, 0) is 23.8 Å². The molecule has 0 aliphatic carbocycles. The number of halogens is 1. The Morgan fingerprint density at radius 1 is 1.62 bits per heavy atom. The largest absolute Gasteiger partial charge is 0.546 e. The Balaban J connectivity index is 2.30. The van der Waals surface area contributed by atoms with Crippen LogP contribution in [0.5, 0.6) is 5.75 Å². The van der Waals surface area contributed by atoms with Crippen LogP contribution >= 0.6 is 11.6 Å². The first kappa shape index (κ1) is 8.38.